The van der Waals surface area contributed by atoms with Crippen LogP contribution >= 0.6 is 11.3 Å². The Morgan fingerprint density at radius 1 is 1.10 bits per heavy atom. The molecule has 0 bridgehead atoms. The van der Waals surface area contributed by atoms with E-state index in [1.807, 2.05) is 5.38 Å². The number of nitrogens with zero attached hydrogens (tertiary/aromatic N) is 3. The summed E-state index contributed by atoms with van der Waals surface area (Å²) in [6.45, 7) is 4.20. The molecule has 0 saturated heterocycles. The summed E-state index contributed by atoms with van der Waals surface area (Å²) in [7, 11) is 0. The average Bonchev–Trinajstić information content (AvgIpc) is 2.88. The zero-order valence-electron chi connectivity index (χ0n) is 11.3. The van der Waals surface area contributed by atoms with Crippen LogP contribution in [0.2, 0.25) is 0 Å². The number of rotatable bonds is 3. The highest BCUT2D eigenvalue weighted by atomic mass is 32.1. The summed E-state index contributed by atoms with van der Waals surface area (Å²) < 4.78 is 0. The second-order valence-corrected chi connectivity index (χ2v) is 5.41. The standard InChI is InChI=1S/C15H14N4S/c1-10-4-5-12(11(2)8-10)13-9-20-15(18-13)19-14-16-6-3-7-17-14/h3-9H,1-2H3,(H,16,17,18,19). The monoisotopic (exact) mass is 282 g/mol. The molecule has 0 saturated carbocycles. The fourth-order valence-corrected chi connectivity index (χ4v) is 2.72. The Morgan fingerprint density at radius 2 is 1.90 bits per heavy atom. The Bertz CT molecular complexity index is 722. The van der Waals surface area contributed by atoms with Crippen molar-refractivity contribution in [2.24, 2.45) is 0 Å². The summed E-state index contributed by atoms with van der Waals surface area (Å²) in [6.07, 6.45) is 3.40. The van der Waals surface area contributed by atoms with Crippen LogP contribution in [0.1, 0.15) is 11.1 Å². The van der Waals surface area contributed by atoms with E-state index in [0.717, 1.165) is 16.4 Å². The fourth-order valence-electron chi connectivity index (χ4n) is 2.02. The Balaban J connectivity index is 1.87. The van der Waals surface area contributed by atoms with E-state index in [1.165, 1.54) is 11.1 Å². The van der Waals surface area contributed by atoms with E-state index < -0.39 is 0 Å². The Kier molecular flexibility index (Phi) is 3.43. The maximum atomic E-state index is 4.59. The van der Waals surface area contributed by atoms with Crippen LogP contribution in [0.15, 0.2) is 42.0 Å². The number of hydrogen-bond donors (Lipinski definition) is 1. The molecule has 0 spiro atoms. The molecule has 1 N–H and O–H groups in total. The predicted molar refractivity (Wildman–Crippen MR) is 82.3 cm³/mol. The summed E-state index contributed by atoms with van der Waals surface area (Å²) >= 11 is 1.55. The van der Waals surface area contributed by atoms with E-state index >= 15 is 0 Å². The van der Waals surface area contributed by atoms with Crippen LogP contribution in [0, 0.1) is 13.8 Å². The molecule has 1 aromatic carbocycles. The van der Waals surface area contributed by atoms with E-state index in [1.54, 1.807) is 29.8 Å². The van der Waals surface area contributed by atoms with Gasteiger partial charge >= 0.3 is 0 Å². The molecule has 0 amide bonds. The van der Waals surface area contributed by atoms with Gasteiger partial charge in [-0.3, -0.25) is 0 Å². The normalized spacial score (nSPS) is 10.5. The van der Waals surface area contributed by atoms with Gasteiger partial charge in [-0.05, 0) is 25.5 Å². The second-order valence-electron chi connectivity index (χ2n) is 4.55. The largest absolute Gasteiger partial charge is 0.300 e. The first-order valence-electron chi connectivity index (χ1n) is 6.29. The lowest BCUT2D eigenvalue weighted by molar-refractivity contribution is 1.16. The van der Waals surface area contributed by atoms with E-state index in [4.69, 9.17) is 0 Å². The summed E-state index contributed by atoms with van der Waals surface area (Å²) in [5.41, 5.74) is 4.63. The van der Waals surface area contributed by atoms with Crippen molar-refractivity contribution in [3.05, 3.63) is 53.2 Å². The van der Waals surface area contributed by atoms with Gasteiger partial charge < -0.3 is 5.32 Å². The highest BCUT2D eigenvalue weighted by Crippen LogP contribution is 2.28. The number of aromatic nitrogens is 3. The number of benzene rings is 1. The quantitative estimate of drug-likeness (QED) is 0.790. The van der Waals surface area contributed by atoms with Crippen LogP contribution in [0.25, 0.3) is 11.3 Å². The van der Waals surface area contributed by atoms with E-state index in [-0.39, 0.29) is 0 Å². The number of anilines is 2. The maximum absolute atomic E-state index is 4.59. The van der Waals surface area contributed by atoms with E-state index in [2.05, 4.69) is 52.3 Å². The average molecular weight is 282 g/mol. The van der Waals surface area contributed by atoms with Crippen molar-refractivity contribution in [1.82, 2.24) is 15.0 Å². The highest BCUT2D eigenvalue weighted by molar-refractivity contribution is 7.14. The number of nitrogens with one attached hydrogen (secondary N) is 1. The zero-order valence-corrected chi connectivity index (χ0v) is 12.1. The first-order valence-corrected chi connectivity index (χ1v) is 7.17. The molecule has 2 heterocycles. The van der Waals surface area contributed by atoms with Crippen LogP contribution < -0.4 is 5.32 Å². The minimum Gasteiger partial charge on any atom is -0.300 e. The smallest absolute Gasteiger partial charge is 0.228 e. The first-order chi connectivity index (χ1) is 9.72. The van der Waals surface area contributed by atoms with Crippen LogP contribution in [0.5, 0.6) is 0 Å². The Labute approximate surface area is 121 Å². The molecule has 3 aromatic rings. The molecule has 0 fully saturated rings. The predicted octanol–water partition coefficient (Wildman–Crippen LogP) is 3.96. The van der Waals surface area contributed by atoms with E-state index in [0.29, 0.717) is 5.95 Å². The molecule has 4 nitrogen and oxygen atoms in total. The van der Waals surface area contributed by atoms with Gasteiger partial charge in [0.05, 0.1) is 5.69 Å². The Hall–Kier alpha value is -2.27. The zero-order chi connectivity index (χ0) is 13.9. The van der Waals surface area contributed by atoms with Gasteiger partial charge in [0.15, 0.2) is 5.13 Å². The third-order valence-corrected chi connectivity index (χ3v) is 3.70. The van der Waals surface area contributed by atoms with Crippen molar-refractivity contribution in [3.8, 4) is 11.3 Å². The Morgan fingerprint density at radius 3 is 2.65 bits per heavy atom. The third kappa shape index (κ3) is 2.67. The van der Waals surface area contributed by atoms with Gasteiger partial charge in [0.1, 0.15) is 0 Å². The van der Waals surface area contributed by atoms with Crippen molar-refractivity contribution in [2.45, 2.75) is 13.8 Å². The third-order valence-electron chi connectivity index (χ3n) is 2.95. The second kappa shape index (κ2) is 5.38. The van der Waals surface area contributed by atoms with Gasteiger partial charge in [0, 0.05) is 23.3 Å². The van der Waals surface area contributed by atoms with Gasteiger partial charge in [0.25, 0.3) is 0 Å². The molecule has 0 aliphatic carbocycles. The van der Waals surface area contributed by atoms with Gasteiger partial charge in [0.2, 0.25) is 5.95 Å². The molecule has 0 aliphatic heterocycles. The van der Waals surface area contributed by atoms with Gasteiger partial charge in [-0.25, -0.2) is 15.0 Å². The molecule has 0 unspecified atom stereocenters. The number of hydrogen-bond acceptors (Lipinski definition) is 5. The first kappa shape index (κ1) is 12.7. The lowest BCUT2D eigenvalue weighted by Gasteiger charge is -2.03. The molecule has 20 heavy (non-hydrogen) atoms. The molecule has 3 rings (SSSR count). The van der Waals surface area contributed by atoms with Crippen molar-refractivity contribution >= 4 is 22.4 Å². The molecular weight excluding hydrogens is 268 g/mol. The lowest BCUT2D eigenvalue weighted by Crippen LogP contribution is -1.95. The fraction of sp³-hybridized carbons (Fsp3) is 0.133. The SMILES string of the molecule is Cc1ccc(-c2csc(Nc3ncccn3)n2)c(C)c1. The minimum absolute atomic E-state index is 0.564. The molecule has 0 aliphatic rings. The molecule has 100 valence electrons. The van der Waals surface area contributed by atoms with Crippen LogP contribution in [0.3, 0.4) is 0 Å². The van der Waals surface area contributed by atoms with Crippen LogP contribution in [0.4, 0.5) is 11.1 Å². The maximum Gasteiger partial charge on any atom is 0.228 e. The van der Waals surface area contributed by atoms with Crippen LogP contribution in [-0.4, -0.2) is 15.0 Å². The van der Waals surface area contributed by atoms with Crippen LogP contribution in [-0.2, 0) is 0 Å². The van der Waals surface area contributed by atoms with Gasteiger partial charge in [-0.15, -0.1) is 11.3 Å². The summed E-state index contributed by atoms with van der Waals surface area (Å²) in [5, 5.41) is 5.95. The molecule has 2 aromatic heterocycles. The lowest BCUT2D eigenvalue weighted by atomic mass is 10.0. The minimum atomic E-state index is 0.564. The molecule has 0 atom stereocenters. The van der Waals surface area contributed by atoms with Crippen molar-refractivity contribution in [2.75, 3.05) is 5.32 Å². The molecule has 5 heteroatoms. The van der Waals surface area contributed by atoms with Gasteiger partial charge in [-0.2, -0.15) is 0 Å². The molecule has 0 radical (unpaired) electrons. The van der Waals surface area contributed by atoms with Crippen molar-refractivity contribution < 1.29 is 0 Å². The molecular formula is C15H14N4S. The summed E-state index contributed by atoms with van der Waals surface area (Å²) in [6, 6.07) is 8.17. The summed E-state index contributed by atoms with van der Waals surface area (Å²) in [5.74, 6) is 0.564. The van der Waals surface area contributed by atoms with E-state index in [9.17, 15) is 0 Å². The summed E-state index contributed by atoms with van der Waals surface area (Å²) in [4.78, 5) is 12.9. The number of thiazole rings is 1. The van der Waals surface area contributed by atoms with Crippen molar-refractivity contribution in [1.29, 1.82) is 0 Å². The van der Waals surface area contributed by atoms with Gasteiger partial charge in [-0.1, -0.05) is 23.8 Å². The number of aryl methyl sites for hydroxylation is 2. The topological polar surface area (TPSA) is 50.7 Å². The van der Waals surface area contributed by atoms with Crippen molar-refractivity contribution in [3.63, 3.8) is 0 Å². The highest BCUT2D eigenvalue weighted by Gasteiger charge is 2.08.